The molecule has 0 saturated carbocycles. The Labute approximate surface area is 122 Å². The van der Waals surface area contributed by atoms with Gasteiger partial charge in [0.2, 0.25) is 5.91 Å². The number of carbonyl (C=O) groups is 1. The number of amides is 1. The molecule has 0 bridgehead atoms. The monoisotopic (exact) mass is 298 g/mol. The molecule has 6 heteroatoms. The van der Waals surface area contributed by atoms with Crippen LogP contribution in [0, 0.1) is 11.6 Å². The summed E-state index contributed by atoms with van der Waals surface area (Å²) >= 11 is 0. The van der Waals surface area contributed by atoms with E-state index in [-0.39, 0.29) is 36.1 Å². The van der Waals surface area contributed by atoms with Gasteiger partial charge in [-0.2, -0.15) is 0 Å². The highest BCUT2D eigenvalue weighted by Gasteiger charge is 2.30. The first-order valence-electron chi connectivity index (χ1n) is 7.00. The van der Waals surface area contributed by atoms with Crippen molar-refractivity contribution in [3.63, 3.8) is 0 Å². The van der Waals surface area contributed by atoms with Crippen LogP contribution in [0.1, 0.15) is 18.9 Å². The Morgan fingerprint density at radius 1 is 1.48 bits per heavy atom. The maximum Gasteiger partial charge on any atom is 0.237 e. The maximum atomic E-state index is 13.6. The van der Waals surface area contributed by atoms with Gasteiger partial charge >= 0.3 is 0 Å². The van der Waals surface area contributed by atoms with Gasteiger partial charge in [0.25, 0.3) is 0 Å². The fourth-order valence-corrected chi connectivity index (χ4v) is 2.51. The fourth-order valence-electron chi connectivity index (χ4n) is 2.51. The highest BCUT2D eigenvalue weighted by molar-refractivity contribution is 5.82. The SMILES string of the molecule is COC1CNC(C(=O)NC(C)Cc2c(F)cccc2F)C1. The molecule has 1 saturated heterocycles. The van der Waals surface area contributed by atoms with Crippen LogP contribution in [-0.4, -0.2) is 37.7 Å². The first-order chi connectivity index (χ1) is 10.0. The summed E-state index contributed by atoms with van der Waals surface area (Å²) in [4.78, 5) is 12.1. The summed E-state index contributed by atoms with van der Waals surface area (Å²) in [5, 5.41) is 5.84. The average Bonchev–Trinajstić information content (AvgIpc) is 2.92. The van der Waals surface area contributed by atoms with Crippen molar-refractivity contribution in [1.29, 1.82) is 0 Å². The summed E-state index contributed by atoms with van der Waals surface area (Å²) in [6.07, 6.45) is 0.744. The Morgan fingerprint density at radius 2 is 2.14 bits per heavy atom. The lowest BCUT2D eigenvalue weighted by Gasteiger charge is -2.18. The normalized spacial score (nSPS) is 23.0. The smallest absolute Gasteiger partial charge is 0.237 e. The average molecular weight is 298 g/mol. The molecule has 116 valence electrons. The lowest BCUT2D eigenvalue weighted by molar-refractivity contribution is -0.123. The van der Waals surface area contributed by atoms with E-state index in [1.165, 1.54) is 18.2 Å². The van der Waals surface area contributed by atoms with Gasteiger partial charge in [0, 0.05) is 25.3 Å². The molecular formula is C15H20F2N2O2. The third-order valence-corrected chi connectivity index (χ3v) is 3.70. The minimum atomic E-state index is -0.588. The standard InChI is InChI=1S/C15H20F2N2O2/c1-9(6-11-12(16)4-3-5-13(11)17)19-15(20)14-7-10(21-2)8-18-14/h3-5,9-10,14,18H,6-8H2,1-2H3,(H,19,20). The zero-order valence-corrected chi connectivity index (χ0v) is 12.2. The molecule has 2 rings (SSSR count). The van der Waals surface area contributed by atoms with Crippen LogP contribution in [0.15, 0.2) is 18.2 Å². The molecule has 0 radical (unpaired) electrons. The molecule has 1 heterocycles. The summed E-state index contributed by atoms with van der Waals surface area (Å²) in [7, 11) is 1.61. The van der Waals surface area contributed by atoms with Crippen molar-refractivity contribution in [2.45, 2.75) is 38.0 Å². The number of ether oxygens (including phenoxy) is 1. The highest BCUT2D eigenvalue weighted by atomic mass is 19.1. The second kappa shape index (κ2) is 6.95. The quantitative estimate of drug-likeness (QED) is 0.864. The molecule has 4 nitrogen and oxygen atoms in total. The molecule has 1 aromatic carbocycles. The molecular weight excluding hydrogens is 278 g/mol. The molecule has 3 unspecified atom stereocenters. The second-order valence-corrected chi connectivity index (χ2v) is 5.37. The Morgan fingerprint density at radius 3 is 2.71 bits per heavy atom. The molecule has 1 aromatic rings. The van der Waals surface area contributed by atoms with E-state index < -0.39 is 11.6 Å². The van der Waals surface area contributed by atoms with E-state index in [0.717, 1.165) is 0 Å². The molecule has 1 aliphatic heterocycles. The van der Waals surface area contributed by atoms with Crippen LogP contribution < -0.4 is 10.6 Å². The van der Waals surface area contributed by atoms with Crippen molar-refractivity contribution in [1.82, 2.24) is 10.6 Å². The van der Waals surface area contributed by atoms with E-state index >= 15 is 0 Å². The summed E-state index contributed by atoms with van der Waals surface area (Å²) in [6.45, 7) is 2.36. The van der Waals surface area contributed by atoms with E-state index in [4.69, 9.17) is 4.74 Å². The van der Waals surface area contributed by atoms with E-state index in [1.54, 1.807) is 14.0 Å². The molecule has 0 aliphatic carbocycles. The van der Waals surface area contributed by atoms with Crippen molar-refractivity contribution in [2.24, 2.45) is 0 Å². The van der Waals surface area contributed by atoms with E-state index in [0.29, 0.717) is 13.0 Å². The topological polar surface area (TPSA) is 50.4 Å². The predicted octanol–water partition coefficient (Wildman–Crippen LogP) is 1.39. The van der Waals surface area contributed by atoms with Gasteiger partial charge in [-0.15, -0.1) is 0 Å². The lowest BCUT2D eigenvalue weighted by Crippen LogP contribution is -2.45. The third-order valence-electron chi connectivity index (χ3n) is 3.70. The van der Waals surface area contributed by atoms with Crippen LogP contribution in [0.5, 0.6) is 0 Å². The lowest BCUT2D eigenvalue weighted by atomic mass is 10.1. The van der Waals surface area contributed by atoms with Crippen LogP contribution in [-0.2, 0) is 16.0 Å². The predicted molar refractivity (Wildman–Crippen MR) is 74.9 cm³/mol. The number of hydrogen-bond donors (Lipinski definition) is 2. The Hall–Kier alpha value is -1.53. The van der Waals surface area contributed by atoms with Gasteiger partial charge in [-0.3, -0.25) is 4.79 Å². The first kappa shape index (κ1) is 15.9. The van der Waals surface area contributed by atoms with E-state index in [1.807, 2.05) is 0 Å². The number of carbonyl (C=O) groups excluding carboxylic acids is 1. The van der Waals surface area contributed by atoms with Crippen molar-refractivity contribution in [3.8, 4) is 0 Å². The maximum absolute atomic E-state index is 13.6. The van der Waals surface area contributed by atoms with Crippen LogP contribution in [0.2, 0.25) is 0 Å². The summed E-state index contributed by atoms with van der Waals surface area (Å²) in [6, 6.07) is 3.09. The number of nitrogens with one attached hydrogen (secondary N) is 2. The minimum absolute atomic E-state index is 0.000510. The third kappa shape index (κ3) is 3.98. The summed E-state index contributed by atoms with van der Waals surface area (Å²) < 4.78 is 32.3. The number of halogens is 2. The zero-order valence-electron chi connectivity index (χ0n) is 12.2. The molecule has 0 aromatic heterocycles. The van der Waals surface area contributed by atoms with Gasteiger partial charge in [-0.05, 0) is 31.9 Å². The van der Waals surface area contributed by atoms with Gasteiger partial charge in [0.1, 0.15) is 11.6 Å². The number of methoxy groups -OCH3 is 1. The fraction of sp³-hybridized carbons (Fsp3) is 0.533. The molecule has 21 heavy (non-hydrogen) atoms. The molecule has 1 aliphatic rings. The second-order valence-electron chi connectivity index (χ2n) is 5.37. The van der Waals surface area contributed by atoms with Gasteiger partial charge in [0.05, 0.1) is 12.1 Å². The van der Waals surface area contributed by atoms with Gasteiger partial charge in [0.15, 0.2) is 0 Å². The molecule has 1 fully saturated rings. The van der Waals surface area contributed by atoms with Crippen molar-refractivity contribution >= 4 is 5.91 Å². The van der Waals surface area contributed by atoms with E-state index in [9.17, 15) is 13.6 Å². The first-order valence-corrected chi connectivity index (χ1v) is 7.00. The summed E-state index contributed by atoms with van der Waals surface area (Å²) in [5.41, 5.74) is -0.000510. The Balaban J connectivity index is 1.90. The van der Waals surface area contributed by atoms with Crippen LogP contribution in [0.3, 0.4) is 0 Å². The summed E-state index contributed by atoms with van der Waals surface area (Å²) in [5.74, 6) is -1.34. The van der Waals surface area contributed by atoms with Gasteiger partial charge in [-0.1, -0.05) is 6.07 Å². The van der Waals surface area contributed by atoms with E-state index in [2.05, 4.69) is 10.6 Å². The largest absolute Gasteiger partial charge is 0.380 e. The molecule has 3 atom stereocenters. The number of benzene rings is 1. The Kier molecular flexibility index (Phi) is 5.25. The van der Waals surface area contributed by atoms with Crippen molar-refractivity contribution in [3.05, 3.63) is 35.4 Å². The molecule has 1 amide bonds. The Bertz CT molecular complexity index is 490. The minimum Gasteiger partial charge on any atom is -0.380 e. The number of hydrogen-bond acceptors (Lipinski definition) is 3. The molecule has 2 N–H and O–H groups in total. The van der Waals surface area contributed by atoms with Crippen molar-refractivity contribution < 1.29 is 18.3 Å². The number of rotatable bonds is 5. The van der Waals surface area contributed by atoms with Crippen LogP contribution in [0.25, 0.3) is 0 Å². The highest BCUT2D eigenvalue weighted by Crippen LogP contribution is 2.15. The van der Waals surface area contributed by atoms with Crippen molar-refractivity contribution in [2.75, 3.05) is 13.7 Å². The molecule has 0 spiro atoms. The zero-order chi connectivity index (χ0) is 15.4. The van der Waals surface area contributed by atoms with Crippen LogP contribution >= 0.6 is 0 Å². The van der Waals surface area contributed by atoms with Crippen LogP contribution in [0.4, 0.5) is 8.78 Å². The van der Waals surface area contributed by atoms with Gasteiger partial charge < -0.3 is 15.4 Å². The van der Waals surface area contributed by atoms with Gasteiger partial charge in [-0.25, -0.2) is 8.78 Å².